The third kappa shape index (κ3) is 7.73. The number of carbonyl (C=O) groups is 2. The van der Waals surface area contributed by atoms with Crippen molar-refractivity contribution in [3.63, 3.8) is 0 Å². The van der Waals surface area contributed by atoms with E-state index in [-0.39, 0.29) is 11.8 Å². The molecule has 194 valence electrons. The first-order valence-corrected chi connectivity index (χ1v) is 13.6. The summed E-state index contributed by atoms with van der Waals surface area (Å²) in [7, 11) is 0. The van der Waals surface area contributed by atoms with Crippen molar-refractivity contribution in [2.75, 3.05) is 17.2 Å². The zero-order valence-corrected chi connectivity index (χ0v) is 22.5. The smallest absolute Gasteiger partial charge is 0.255 e. The average molecular weight is 525 g/mol. The van der Waals surface area contributed by atoms with E-state index in [1.165, 1.54) is 11.8 Å². The second kappa shape index (κ2) is 13.5. The van der Waals surface area contributed by atoms with Crippen molar-refractivity contribution in [3.8, 4) is 5.75 Å². The fraction of sp³-hybridized carbons (Fsp3) is 0.188. The highest BCUT2D eigenvalue weighted by Crippen LogP contribution is 2.37. The van der Waals surface area contributed by atoms with Crippen molar-refractivity contribution >= 4 is 35.0 Å². The van der Waals surface area contributed by atoms with Gasteiger partial charge in [0.2, 0.25) is 5.91 Å². The Kier molecular flexibility index (Phi) is 9.59. The molecule has 0 spiro atoms. The summed E-state index contributed by atoms with van der Waals surface area (Å²) < 4.78 is 5.73. The van der Waals surface area contributed by atoms with Crippen LogP contribution in [0.1, 0.15) is 46.5 Å². The van der Waals surface area contributed by atoms with Gasteiger partial charge >= 0.3 is 0 Å². The molecule has 4 aromatic rings. The summed E-state index contributed by atoms with van der Waals surface area (Å²) in [6.07, 6.45) is 2.08. The van der Waals surface area contributed by atoms with Crippen LogP contribution >= 0.6 is 11.8 Å². The molecule has 4 aromatic carbocycles. The molecule has 0 heterocycles. The first-order chi connectivity index (χ1) is 18.5. The number of hydrogen-bond acceptors (Lipinski definition) is 4. The second-order valence-electron chi connectivity index (χ2n) is 8.98. The molecule has 1 unspecified atom stereocenters. The molecule has 2 amide bonds. The van der Waals surface area contributed by atoms with E-state index in [1.54, 1.807) is 6.07 Å². The summed E-state index contributed by atoms with van der Waals surface area (Å²) in [6.45, 7) is 4.76. The largest absolute Gasteiger partial charge is 0.494 e. The molecule has 38 heavy (non-hydrogen) atoms. The molecule has 0 aliphatic heterocycles. The van der Waals surface area contributed by atoms with E-state index < -0.39 is 5.25 Å². The van der Waals surface area contributed by atoms with Gasteiger partial charge in [-0.2, -0.15) is 0 Å². The maximum absolute atomic E-state index is 13.5. The number of amides is 2. The van der Waals surface area contributed by atoms with Gasteiger partial charge in [-0.1, -0.05) is 67.4 Å². The Morgan fingerprint density at radius 1 is 0.816 bits per heavy atom. The standard InChI is InChI=1S/C32H32N2O3S/c1-3-4-20-37-28-18-16-26(17-19-28)33-32(36)30(24-11-6-5-7-12-24)38-29-15-9-14-27(22-29)34-31(35)25-13-8-10-23(2)21-25/h5-19,21-22,30H,3-4,20H2,1-2H3,(H,33,36)(H,34,35). The predicted molar refractivity (Wildman–Crippen MR) is 156 cm³/mol. The van der Waals surface area contributed by atoms with Crippen LogP contribution in [-0.4, -0.2) is 18.4 Å². The summed E-state index contributed by atoms with van der Waals surface area (Å²) in [4.78, 5) is 27.1. The lowest BCUT2D eigenvalue weighted by Crippen LogP contribution is -2.19. The highest BCUT2D eigenvalue weighted by atomic mass is 32.2. The summed E-state index contributed by atoms with van der Waals surface area (Å²) >= 11 is 1.44. The molecule has 0 radical (unpaired) electrons. The van der Waals surface area contributed by atoms with Gasteiger partial charge in [-0.15, -0.1) is 11.8 Å². The molecule has 0 aliphatic carbocycles. The number of thioether (sulfide) groups is 1. The lowest BCUT2D eigenvalue weighted by molar-refractivity contribution is -0.115. The van der Waals surface area contributed by atoms with Crippen LogP contribution in [0.4, 0.5) is 11.4 Å². The van der Waals surface area contributed by atoms with Gasteiger partial charge in [0.1, 0.15) is 11.0 Å². The fourth-order valence-corrected chi connectivity index (χ4v) is 4.93. The average Bonchev–Trinajstić information content (AvgIpc) is 2.93. The highest BCUT2D eigenvalue weighted by molar-refractivity contribution is 8.00. The number of unbranched alkanes of at least 4 members (excludes halogenated alkanes) is 1. The molecule has 0 fully saturated rings. The lowest BCUT2D eigenvalue weighted by atomic mass is 10.1. The normalized spacial score (nSPS) is 11.4. The monoisotopic (exact) mass is 524 g/mol. The number of hydrogen-bond donors (Lipinski definition) is 2. The van der Waals surface area contributed by atoms with Gasteiger partial charge in [-0.05, 0) is 73.5 Å². The van der Waals surface area contributed by atoms with Gasteiger partial charge in [0.15, 0.2) is 0 Å². The van der Waals surface area contributed by atoms with Crippen LogP contribution in [0, 0.1) is 6.92 Å². The minimum absolute atomic E-state index is 0.130. The van der Waals surface area contributed by atoms with E-state index in [9.17, 15) is 9.59 Å². The zero-order valence-electron chi connectivity index (χ0n) is 21.6. The Morgan fingerprint density at radius 3 is 2.32 bits per heavy atom. The first-order valence-electron chi connectivity index (χ1n) is 12.8. The zero-order chi connectivity index (χ0) is 26.7. The van der Waals surface area contributed by atoms with Crippen molar-refractivity contribution in [2.24, 2.45) is 0 Å². The number of anilines is 2. The van der Waals surface area contributed by atoms with Crippen LogP contribution in [-0.2, 0) is 4.79 Å². The molecule has 6 heteroatoms. The summed E-state index contributed by atoms with van der Waals surface area (Å²) in [6, 6.07) is 32.2. The third-order valence-electron chi connectivity index (χ3n) is 5.86. The Morgan fingerprint density at radius 2 is 1.58 bits per heavy atom. The van der Waals surface area contributed by atoms with Crippen LogP contribution in [0.15, 0.2) is 108 Å². The second-order valence-corrected chi connectivity index (χ2v) is 10.2. The van der Waals surface area contributed by atoms with Crippen molar-refractivity contribution in [1.29, 1.82) is 0 Å². The topological polar surface area (TPSA) is 67.4 Å². The van der Waals surface area contributed by atoms with Gasteiger partial charge in [-0.3, -0.25) is 9.59 Å². The molecular formula is C32H32N2O3S. The molecule has 1 atom stereocenters. The summed E-state index contributed by atoms with van der Waals surface area (Å²) in [5.41, 5.74) is 3.90. The van der Waals surface area contributed by atoms with Gasteiger partial charge in [-0.25, -0.2) is 0 Å². The molecule has 2 N–H and O–H groups in total. The van der Waals surface area contributed by atoms with Gasteiger partial charge < -0.3 is 15.4 Å². The van der Waals surface area contributed by atoms with E-state index in [2.05, 4.69) is 17.6 Å². The SMILES string of the molecule is CCCCOc1ccc(NC(=O)C(Sc2cccc(NC(=O)c3cccc(C)c3)c2)c2ccccc2)cc1. The first kappa shape index (κ1) is 27.0. The number of benzene rings is 4. The quantitative estimate of drug-likeness (QED) is 0.155. The molecule has 0 saturated heterocycles. The molecule has 0 aromatic heterocycles. The Labute approximate surface area is 228 Å². The molecule has 0 bridgehead atoms. The van der Waals surface area contributed by atoms with Crippen molar-refractivity contribution in [1.82, 2.24) is 0 Å². The van der Waals surface area contributed by atoms with Crippen LogP contribution in [0.25, 0.3) is 0 Å². The Bertz CT molecular complexity index is 1360. The Balaban J connectivity index is 1.48. The molecule has 5 nitrogen and oxygen atoms in total. The lowest BCUT2D eigenvalue weighted by Gasteiger charge is -2.18. The number of rotatable bonds is 11. The number of nitrogens with one attached hydrogen (secondary N) is 2. The van der Waals surface area contributed by atoms with Gasteiger partial charge in [0.25, 0.3) is 5.91 Å². The fourth-order valence-electron chi connectivity index (χ4n) is 3.85. The van der Waals surface area contributed by atoms with Crippen LogP contribution in [0.5, 0.6) is 5.75 Å². The molecule has 0 aliphatic rings. The van der Waals surface area contributed by atoms with Crippen molar-refractivity contribution in [3.05, 3.63) is 120 Å². The third-order valence-corrected chi connectivity index (χ3v) is 7.10. The van der Waals surface area contributed by atoms with E-state index in [0.29, 0.717) is 23.5 Å². The van der Waals surface area contributed by atoms with Crippen molar-refractivity contribution in [2.45, 2.75) is 36.8 Å². The maximum atomic E-state index is 13.5. The number of carbonyl (C=O) groups excluding carboxylic acids is 2. The number of aryl methyl sites for hydroxylation is 1. The summed E-state index contributed by atoms with van der Waals surface area (Å²) in [5, 5.41) is 5.52. The minimum Gasteiger partial charge on any atom is -0.494 e. The summed E-state index contributed by atoms with van der Waals surface area (Å²) in [5.74, 6) is 0.486. The maximum Gasteiger partial charge on any atom is 0.255 e. The predicted octanol–water partition coefficient (Wildman–Crippen LogP) is 7.90. The number of ether oxygens (including phenoxy) is 1. The van der Waals surface area contributed by atoms with Crippen LogP contribution in [0.2, 0.25) is 0 Å². The van der Waals surface area contributed by atoms with E-state index in [1.807, 2.05) is 104 Å². The van der Waals surface area contributed by atoms with Gasteiger partial charge in [0.05, 0.1) is 6.61 Å². The molecule has 4 rings (SSSR count). The van der Waals surface area contributed by atoms with Crippen LogP contribution in [0.3, 0.4) is 0 Å². The molecule has 0 saturated carbocycles. The van der Waals surface area contributed by atoms with Crippen LogP contribution < -0.4 is 15.4 Å². The van der Waals surface area contributed by atoms with E-state index >= 15 is 0 Å². The highest BCUT2D eigenvalue weighted by Gasteiger charge is 2.22. The van der Waals surface area contributed by atoms with Crippen molar-refractivity contribution < 1.29 is 14.3 Å². The Hall–Kier alpha value is -4.03. The van der Waals surface area contributed by atoms with E-state index in [0.717, 1.165) is 34.6 Å². The van der Waals surface area contributed by atoms with Gasteiger partial charge in [0, 0.05) is 21.8 Å². The van der Waals surface area contributed by atoms with E-state index in [4.69, 9.17) is 4.74 Å². The minimum atomic E-state index is -0.487. The molecular weight excluding hydrogens is 492 g/mol.